The molecule has 1 aromatic carbocycles. The average Bonchev–Trinajstić information content (AvgIpc) is 2.45. The SMILES string of the molecule is CCNC(=O)c1c(Cl)cccc1CC(=O)[C@H](C)NC(=O)OC(C)(C)C. The van der Waals surface area contributed by atoms with Crippen LogP contribution in [0.2, 0.25) is 5.02 Å². The second-order valence-electron chi connectivity index (χ2n) is 6.64. The molecule has 6 nitrogen and oxygen atoms in total. The van der Waals surface area contributed by atoms with Crippen LogP contribution in [0.5, 0.6) is 0 Å². The maximum absolute atomic E-state index is 12.4. The zero-order chi connectivity index (χ0) is 19.2. The normalized spacial score (nSPS) is 12.2. The zero-order valence-corrected chi connectivity index (χ0v) is 16.0. The summed E-state index contributed by atoms with van der Waals surface area (Å²) in [6.45, 7) is 9.04. The van der Waals surface area contributed by atoms with Gasteiger partial charge in [0.15, 0.2) is 5.78 Å². The maximum Gasteiger partial charge on any atom is 0.408 e. The van der Waals surface area contributed by atoms with E-state index in [4.69, 9.17) is 16.3 Å². The third-order valence-electron chi connectivity index (χ3n) is 3.25. The molecule has 0 radical (unpaired) electrons. The molecule has 0 aliphatic carbocycles. The van der Waals surface area contributed by atoms with E-state index in [0.29, 0.717) is 12.1 Å². The van der Waals surface area contributed by atoms with Crippen LogP contribution in [-0.4, -0.2) is 36.0 Å². The maximum atomic E-state index is 12.4. The predicted molar refractivity (Wildman–Crippen MR) is 97.0 cm³/mol. The predicted octanol–water partition coefficient (Wildman–Crippen LogP) is 3.11. The number of Topliss-reactive ketones (excluding diaryl/α,β-unsaturated/α-hetero) is 1. The average molecular weight is 369 g/mol. The van der Waals surface area contributed by atoms with Gasteiger partial charge in [-0.15, -0.1) is 0 Å². The molecule has 138 valence electrons. The van der Waals surface area contributed by atoms with Gasteiger partial charge < -0.3 is 15.4 Å². The third kappa shape index (κ3) is 6.74. The quantitative estimate of drug-likeness (QED) is 0.807. The molecule has 0 unspecified atom stereocenters. The van der Waals surface area contributed by atoms with E-state index in [-0.39, 0.29) is 28.7 Å². The van der Waals surface area contributed by atoms with E-state index in [1.807, 2.05) is 0 Å². The summed E-state index contributed by atoms with van der Waals surface area (Å²) < 4.78 is 5.13. The van der Waals surface area contributed by atoms with Crippen LogP contribution >= 0.6 is 11.6 Å². The first-order valence-electron chi connectivity index (χ1n) is 8.13. The molecular weight excluding hydrogens is 344 g/mol. The van der Waals surface area contributed by atoms with E-state index in [1.165, 1.54) is 0 Å². The van der Waals surface area contributed by atoms with Gasteiger partial charge in [-0.05, 0) is 46.2 Å². The fourth-order valence-corrected chi connectivity index (χ4v) is 2.40. The van der Waals surface area contributed by atoms with Crippen molar-refractivity contribution in [1.29, 1.82) is 0 Å². The zero-order valence-electron chi connectivity index (χ0n) is 15.2. The molecule has 1 aromatic rings. The summed E-state index contributed by atoms with van der Waals surface area (Å²) >= 11 is 6.12. The lowest BCUT2D eigenvalue weighted by Gasteiger charge is -2.21. The molecule has 0 aliphatic heterocycles. The summed E-state index contributed by atoms with van der Waals surface area (Å²) in [6, 6.07) is 4.20. The summed E-state index contributed by atoms with van der Waals surface area (Å²) in [5.74, 6) is -0.581. The van der Waals surface area contributed by atoms with Crippen molar-refractivity contribution in [2.75, 3.05) is 6.54 Å². The van der Waals surface area contributed by atoms with E-state index < -0.39 is 17.7 Å². The molecule has 1 rings (SSSR count). The van der Waals surface area contributed by atoms with Gasteiger partial charge in [0.1, 0.15) is 5.60 Å². The Bertz CT molecular complexity index is 653. The Morgan fingerprint density at radius 1 is 1.24 bits per heavy atom. The van der Waals surface area contributed by atoms with Gasteiger partial charge >= 0.3 is 6.09 Å². The molecule has 0 spiro atoms. The van der Waals surface area contributed by atoms with Gasteiger partial charge in [0.25, 0.3) is 5.91 Å². The number of hydrogen-bond acceptors (Lipinski definition) is 4. The van der Waals surface area contributed by atoms with Gasteiger partial charge in [-0.1, -0.05) is 23.7 Å². The van der Waals surface area contributed by atoms with Crippen molar-refractivity contribution in [3.8, 4) is 0 Å². The van der Waals surface area contributed by atoms with Gasteiger partial charge in [-0.3, -0.25) is 9.59 Å². The Kier molecular flexibility index (Phi) is 7.42. The number of halogens is 1. The van der Waals surface area contributed by atoms with Crippen LogP contribution in [0.4, 0.5) is 4.79 Å². The fraction of sp³-hybridized carbons (Fsp3) is 0.500. The molecule has 0 fully saturated rings. The molecule has 1 atom stereocenters. The highest BCUT2D eigenvalue weighted by Gasteiger charge is 2.23. The number of benzene rings is 1. The number of alkyl carbamates (subject to hydrolysis) is 1. The number of hydrogen-bond donors (Lipinski definition) is 2. The Morgan fingerprint density at radius 3 is 2.44 bits per heavy atom. The van der Waals surface area contributed by atoms with Gasteiger partial charge in [0.05, 0.1) is 16.6 Å². The number of carbonyl (C=O) groups excluding carboxylic acids is 3. The highest BCUT2D eigenvalue weighted by atomic mass is 35.5. The molecule has 0 aromatic heterocycles. The van der Waals surface area contributed by atoms with Crippen molar-refractivity contribution in [3.63, 3.8) is 0 Å². The third-order valence-corrected chi connectivity index (χ3v) is 3.56. The molecule has 0 saturated heterocycles. The largest absolute Gasteiger partial charge is 0.444 e. The first kappa shape index (κ1) is 21.0. The molecule has 0 heterocycles. The molecule has 0 aliphatic rings. The lowest BCUT2D eigenvalue weighted by Crippen LogP contribution is -2.42. The summed E-state index contributed by atoms with van der Waals surface area (Å²) in [7, 11) is 0. The number of amides is 2. The molecule has 0 saturated carbocycles. The molecule has 25 heavy (non-hydrogen) atoms. The molecule has 2 amide bonds. The van der Waals surface area contributed by atoms with E-state index in [9.17, 15) is 14.4 Å². The molecule has 2 N–H and O–H groups in total. The highest BCUT2D eigenvalue weighted by Crippen LogP contribution is 2.21. The van der Waals surface area contributed by atoms with Crippen LogP contribution in [0, 0.1) is 0 Å². The summed E-state index contributed by atoms with van der Waals surface area (Å²) in [5, 5.41) is 5.46. The summed E-state index contributed by atoms with van der Waals surface area (Å²) in [6.07, 6.45) is -0.687. The van der Waals surface area contributed by atoms with E-state index in [2.05, 4.69) is 10.6 Å². The van der Waals surface area contributed by atoms with E-state index in [1.54, 1.807) is 52.8 Å². The van der Waals surface area contributed by atoms with Crippen molar-refractivity contribution in [3.05, 3.63) is 34.3 Å². The number of rotatable bonds is 6. The van der Waals surface area contributed by atoms with Crippen LogP contribution < -0.4 is 10.6 Å². The Labute approximate surface area is 153 Å². The van der Waals surface area contributed by atoms with Gasteiger partial charge in [0.2, 0.25) is 0 Å². The number of ether oxygens (including phenoxy) is 1. The lowest BCUT2D eigenvalue weighted by atomic mass is 9.99. The smallest absolute Gasteiger partial charge is 0.408 e. The first-order chi connectivity index (χ1) is 11.5. The van der Waals surface area contributed by atoms with Crippen molar-refractivity contribution in [1.82, 2.24) is 10.6 Å². The van der Waals surface area contributed by atoms with Crippen LogP contribution in [0.1, 0.15) is 50.5 Å². The Hall–Kier alpha value is -2.08. The molecule has 7 heteroatoms. The van der Waals surface area contributed by atoms with Gasteiger partial charge in [-0.2, -0.15) is 0 Å². The van der Waals surface area contributed by atoms with Gasteiger partial charge in [0, 0.05) is 13.0 Å². The Morgan fingerprint density at radius 2 is 1.88 bits per heavy atom. The number of nitrogens with one attached hydrogen (secondary N) is 2. The second-order valence-corrected chi connectivity index (χ2v) is 7.05. The lowest BCUT2D eigenvalue weighted by molar-refractivity contribution is -0.120. The molecular formula is C18H25ClN2O4. The minimum atomic E-state index is -0.754. The molecule has 0 bridgehead atoms. The van der Waals surface area contributed by atoms with Crippen LogP contribution in [0.3, 0.4) is 0 Å². The minimum Gasteiger partial charge on any atom is -0.444 e. The van der Waals surface area contributed by atoms with E-state index in [0.717, 1.165) is 0 Å². The van der Waals surface area contributed by atoms with Crippen molar-refractivity contribution >= 4 is 29.4 Å². The van der Waals surface area contributed by atoms with E-state index >= 15 is 0 Å². The first-order valence-corrected chi connectivity index (χ1v) is 8.50. The van der Waals surface area contributed by atoms with Crippen LogP contribution in [-0.2, 0) is 16.0 Å². The Balaban J connectivity index is 2.85. The number of ketones is 1. The standard InChI is InChI=1S/C18H25ClN2O4/c1-6-20-16(23)15-12(8-7-9-13(15)19)10-14(22)11(2)21-17(24)25-18(3,4)5/h7-9,11H,6,10H2,1-5H3,(H,20,23)(H,21,24)/t11-/m0/s1. The van der Waals surface area contributed by atoms with Crippen LogP contribution in [0.15, 0.2) is 18.2 Å². The minimum absolute atomic E-state index is 0.0238. The van der Waals surface area contributed by atoms with Crippen LogP contribution in [0.25, 0.3) is 0 Å². The topological polar surface area (TPSA) is 84.5 Å². The highest BCUT2D eigenvalue weighted by molar-refractivity contribution is 6.34. The van der Waals surface area contributed by atoms with Gasteiger partial charge in [-0.25, -0.2) is 4.79 Å². The van der Waals surface area contributed by atoms with Crippen molar-refractivity contribution < 1.29 is 19.1 Å². The monoisotopic (exact) mass is 368 g/mol. The second kappa shape index (κ2) is 8.85. The van der Waals surface area contributed by atoms with Crippen molar-refractivity contribution in [2.45, 2.75) is 52.7 Å². The van der Waals surface area contributed by atoms with Crippen molar-refractivity contribution in [2.24, 2.45) is 0 Å². The summed E-state index contributed by atoms with van der Waals surface area (Å²) in [4.78, 5) is 36.4. The number of carbonyl (C=O) groups is 3. The fourth-order valence-electron chi connectivity index (χ4n) is 2.12. The summed E-state index contributed by atoms with van der Waals surface area (Å²) in [5.41, 5.74) is 0.149.